The van der Waals surface area contributed by atoms with Crippen molar-refractivity contribution in [2.75, 3.05) is 11.6 Å². The molecular formula is C21H19ClN4O3. The average Bonchev–Trinajstić information content (AvgIpc) is 3.13. The number of carbonyl (C=O) groups excluding carboxylic acids is 2. The van der Waals surface area contributed by atoms with Crippen LogP contribution in [-0.2, 0) is 20.7 Å². The van der Waals surface area contributed by atoms with E-state index in [1.54, 1.807) is 31.2 Å². The van der Waals surface area contributed by atoms with E-state index in [1.807, 2.05) is 30.5 Å². The molecule has 0 radical (unpaired) electrons. The maximum atomic E-state index is 13.2. The van der Waals surface area contributed by atoms with Gasteiger partial charge in [0, 0.05) is 28.5 Å². The average molecular weight is 411 g/mol. The number of benzene rings is 2. The fraction of sp³-hybridized carbons (Fsp3) is 0.190. The van der Waals surface area contributed by atoms with Crippen molar-refractivity contribution >= 4 is 45.9 Å². The van der Waals surface area contributed by atoms with Crippen LogP contribution in [0.1, 0.15) is 12.5 Å². The van der Waals surface area contributed by atoms with Crippen molar-refractivity contribution in [1.82, 2.24) is 10.4 Å². The number of aliphatic imine (C=N–C) groups is 1. The number of rotatable bonds is 5. The molecule has 0 saturated carbocycles. The number of carbonyl (C=O) groups is 2. The lowest BCUT2D eigenvalue weighted by Gasteiger charge is -2.31. The molecule has 0 saturated heterocycles. The summed E-state index contributed by atoms with van der Waals surface area (Å²) >= 11 is 5.96. The van der Waals surface area contributed by atoms with Crippen LogP contribution in [0.15, 0.2) is 59.7 Å². The molecule has 0 bridgehead atoms. The van der Waals surface area contributed by atoms with Crippen molar-refractivity contribution < 1.29 is 14.3 Å². The predicted octanol–water partition coefficient (Wildman–Crippen LogP) is 3.25. The van der Waals surface area contributed by atoms with E-state index in [2.05, 4.69) is 15.4 Å². The number of para-hydroxylation sites is 1. The lowest BCUT2D eigenvalue weighted by molar-refractivity contribution is -0.135. The summed E-state index contributed by atoms with van der Waals surface area (Å²) < 4.78 is 5.08. The lowest BCUT2D eigenvalue weighted by atomic mass is 10.0. The van der Waals surface area contributed by atoms with Gasteiger partial charge >= 0.3 is 5.97 Å². The van der Waals surface area contributed by atoms with Gasteiger partial charge in [-0.3, -0.25) is 10.2 Å². The third kappa shape index (κ3) is 3.82. The van der Waals surface area contributed by atoms with Crippen LogP contribution in [0.2, 0.25) is 5.02 Å². The third-order valence-electron chi connectivity index (χ3n) is 4.65. The molecule has 2 aromatic carbocycles. The van der Waals surface area contributed by atoms with E-state index in [0.29, 0.717) is 17.1 Å². The maximum Gasteiger partial charge on any atom is 0.375 e. The number of ether oxygens (including phenoxy) is 1. The minimum absolute atomic E-state index is 0.00811. The van der Waals surface area contributed by atoms with Crippen LogP contribution in [0, 0.1) is 0 Å². The van der Waals surface area contributed by atoms with Crippen LogP contribution in [0.4, 0.5) is 5.69 Å². The van der Waals surface area contributed by atoms with Crippen molar-refractivity contribution in [3.05, 3.63) is 65.3 Å². The number of hydrogen-bond donors (Lipinski definition) is 2. The molecule has 29 heavy (non-hydrogen) atoms. The number of esters is 1. The van der Waals surface area contributed by atoms with Gasteiger partial charge in [-0.25, -0.2) is 14.8 Å². The van der Waals surface area contributed by atoms with Crippen LogP contribution in [0.3, 0.4) is 0 Å². The van der Waals surface area contributed by atoms with Crippen LogP contribution in [0.5, 0.6) is 0 Å². The molecule has 0 fully saturated rings. The van der Waals surface area contributed by atoms with Crippen LogP contribution >= 0.6 is 11.6 Å². The topological polar surface area (TPSA) is 86.8 Å². The Hall–Kier alpha value is -3.32. The minimum atomic E-state index is -0.773. The molecule has 3 aromatic rings. The first-order valence-corrected chi connectivity index (χ1v) is 9.60. The number of aromatic nitrogens is 1. The molecule has 1 unspecified atom stereocenters. The Kier molecular flexibility index (Phi) is 5.22. The molecule has 2 N–H and O–H groups in total. The van der Waals surface area contributed by atoms with Crippen molar-refractivity contribution in [2.45, 2.75) is 19.4 Å². The quantitative estimate of drug-likeness (QED) is 0.632. The second-order valence-corrected chi connectivity index (χ2v) is 6.98. The first kappa shape index (κ1) is 19.0. The van der Waals surface area contributed by atoms with E-state index in [4.69, 9.17) is 16.3 Å². The normalized spacial score (nSPS) is 16.5. The molecule has 1 aliphatic rings. The van der Waals surface area contributed by atoms with Crippen molar-refractivity contribution in [1.29, 1.82) is 0 Å². The van der Waals surface area contributed by atoms with Gasteiger partial charge in [0.15, 0.2) is 0 Å². The molecule has 0 spiro atoms. The summed E-state index contributed by atoms with van der Waals surface area (Å²) in [5.41, 5.74) is 5.26. The van der Waals surface area contributed by atoms with E-state index in [0.717, 1.165) is 16.5 Å². The Bertz CT molecular complexity index is 1090. The highest BCUT2D eigenvalue weighted by Crippen LogP contribution is 2.24. The summed E-state index contributed by atoms with van der Waals surface area (Å²) in [6.07, 6.45) is 2.21. The molecule has 2 heterocycles. The summed E-state index contributed by atoms with van der Waals surface area (Å²) in [6, 6.07) is 13.8. The third-order valence-corrected chi connectivity index (χ3v) is 4.90. The van der Waals surface area contributed by atoms with E-state index in [-0.39, 0.29) is 18.3 Å². The number of halogens is 1. The Morgan fingerprint density at radius 3 is 2.72 bits per heavy atom. The zero-order valence-electron chi connectivity index (χ0n) is 15.7. The number of H-pyrrole nitrogens is 1. The molecule has 1 aromatic heterocycles. The molecule has 1 aliphatic heterocycles. The SMILES string of the molecule is CCOC(=O)C1=NC(Cc2c[nH]c3ccccc23)C(=O)N(c2ccc(Cl)cc2)N1. The second-order valence-electron chi connectivity index (χ2n) is 6.54. The molecule has 0 aliphatic carbocycles. The maximum absolute atomic E-state index is 13.2. The first-order valence-electron chi connectivity index (χ1n) is 9.23. The van der Waals surface area contributed by atoms with Gasteiger partial charge in [-0.15, -0.1) is 0 Å². The predicted molar refractivity (Wildman–Crippen MR) is 112 cm³/mol. The van der Waals surface area contributed by atoms with Crippen LogP contribution < -0.4 is 10.4 Å². The monoisotopic (exact) mass is 410 g/mol. The first-order chi connectivity index (χ1) is 14.1. The van der Waals surface area contributed by atoms with E-state index in [9.17, 15) is 9.59 Å². The number of aromatic amines is 1. The second kappa shape index (κ2) is 7.97. The van der Waals surface area contributed by atoms with Gasteiger partial charge in [-0.05, 0) is 42.8 Å². The van der Waals surface area contributed by atoms with Gasteiger partial charge < -0.3 is 9.72 Å². The van der Waals surface area contributed by atoms with Crippen molar-refractivity contribution in [2.24, 2.45) is 4.99 Å². The minimum Gasteiger partial charge on any atom is -0.460 e. The number of anilines is 1. The highest BCUT2D eigenvalue weighted by atomic mass is 35.5. The zero-order valence-corrected chi connectivity index (χ0v) is 16.4. The van der Waals surface area contributed by atoms with Gasteiger partial charge in [-0.2, -0.15) is 0 Å². The smallest absolute Gasteiger partial charge is 0.375 e. The highest BCUT2D eigenvalue weighted by molar-refractivity contribution is 6.37. The molecule has 1 amide bonds. The van der Waals surface area contributed by atoms with E-state index in [1.165, 1.54) is 5.01 Å². The fourth-order valence-electron chi connectivity index (χ4n) is 3.27. The summed E-state index contributed by atoms with van der Waals surface area (Å²) in [5, 5.41) is 2.88. The number of nitrogens with one attached hydrogen (secondary N) is 2. The Morgan fingerprint density at radius 2 is 1.97 bits per heavy atom. The number of amides is 1. The molecule has 148 valence electrons. The van der Waals surface area contributed by atoms with Gasteiger partial charge in [0.05, 0.1) is 12.3 Å². The Morgan fingerprint density at radius 1 is 1.21 bits per heavy atom. The molecule has 1 atom stereocenters. The summed E-state index contributed by atoms with van der Waals surface area (Å²) in [5.74, 6) is -0.889. The van der Waals surface area contributed by atoms with Gasteiger partial charge in [0.2, 0.25) is 5.84 Å². The zero-order chi connectivity index (χ0) is 20.4. The van der Waals surface area contributed by atoms with Gasteiger partial charge in [-0.1, -0.05) is 29.8 Å². The van der Waals surface area contributed by atoms with Crippen molar-refractivity contribution in [3.8, 4) is 0 Å². The van der Waals surface area contributed by atoms with E-state index < -0.39 is 12.0 Å². The lowest BCUT2D eigenvalue weighted by Crippen LogP contribution is -2.57. The number of amidine groups is 1. The van der Waals surface area contributed by atoms with E-state index >= 15 is 0 Å². The number of hydrazine groups is 1. The fourth-order valence-corrected chi connectivity index (χ4v) is 3.40. The summed E-state index contributed by atoms with van der Waals surface area (Å²) in [4.78, 5) is 33.0. The standard InChI is InChI=1S/C21H19ClN4O3/c1-2-29-21(28)19-24-18(11-13-12-23-17-6-4-3-5-16(13)17)20(27)26(25-19)15-9-7-14(22)8-10-15/h3-10,12,18,23H,2,11H2,1H3,(H,24,25). The van der Waals surface area contributed by atoms with Crippen LogP contribution in [0.25, 0.3) is 10.9 Å². The number of nitrogens with zero attached hydrogens (tertiary/aromatic N) is 2. The van der Waals surface area contributed by atoms with Crippen LogP contribution in [-0.4, -0.2) is 35.3 Å². The Balaban J connectivity index is 1.69. The largest absolute Gasteiger partial charge is 0.460 e. The van der Waals surface area contributed by atoms with Gasteiger partial charge in [0.1, 0.15) is 6.04 Å². The summed E-state index contributed by atoms with van der Waals surface area (Å²) in [7, 11) is 0. The number of hydrogen-bond acceptors (Lipinski definition) is 5. The molecule has 8 heteroatoms. The van der Waals surface area contributed by atoms with Gasteiger partial charge in [0.25, 0.3) is 5.91 Å². The number of fused-ring (bicyclic) bond motifs is 1. The molecule has 7 nitrogen and oxygen atoms in total. The van der Waals surface area contributed by atoms with Crippen molar-refractivity contribution in [3.63, 3.8) is 0 Å². The molecular weight excluding hydrogens is 392 g/mol. The molecule has 4 rings (SSSR count). The Labute approximate surface area is 172 Å². The summed E-state index contributed by atoms with van der Waals surface area (Å²) in [6.45, 7) is 1.92. The highest BCUT2D eigenvalue weighted by Gasteiger charge is 2.34.